The second-order valence-electron chi connectivity index (χ2n) is 1.41. The van der Waals surface area contributed by atoms with E-state index in [-0.39, 0.29) is 0 Å². The lowest BCUT2D eigenvalue weighted by Crippen LogP contribution is -2.03. The first kappa shape index (κ1) is 7.73. The van der Waals surface area contributed by atoms with Crippen LogP contribution in [0.1, 0.15) is 0 Å². The number of likely N-dealkylation sites (N-methyl/N-ethyl adjacent to an activating group) is 1. The van der Waals surface area contributed by atoms with E-state index < -0.39 is 0 Å². The highest BCUT2D eigenvalue weighted by Gasteiger charge is 1.73. The topological polar surface area (TPSA) is 12.0 Å². The molecule has 46 valence electrons. The minimum atomic E-state index is 0.570. The summed E-state index contributed by atoms with van der Waals surface area (Å²) in [5.41, 5.74) is 0. The molecule has 0 saturated heterocycles. The molecule has 0 aromatic rings. The zero-order valence-electron chi connectivity index (χ0n) is 4.95. The molecule has 0 saturated carbocycles. The van der Waals surface area contributed by atoms with Crippen LogP contribution < -0.4 is 5.32 Å². The van der Waals surface area contributed by atoms with Crippen LogP contribution in [0, 0.1) is 0 Å². The minimum absolute atomic E-state index is 0.570. The van der Waals surface area contributed by atoms with Crippen molar-refractivity contribution < 1.29 is 0 Å². The predicted molar refractivity (Wildman–Crippen MR) is 38.1 cm³/mol. The van der Waals surface area contributed by atoms with Crippen molar-refractivity contribution in [1.82, 2.24) is 5.32 Å². The van der Waals surface area contributed by atoms with Crippen molar-refractivity contribution in [3.8, 4) is 0 Å². The van der Waals surface area contributed by atoms with E-state index in [0.29, 0.717) is 5.03 Å². The Balaban J connectivity index is 3.20. The van der Waals surface area contributed by atoms with E-state index in [1.54, 1.807) is 6.08 Å². The van der Waals surface area contributed by atoms with Gasteiger partial charge in [0.15, 0.2) is 0 Å². The first-order valence-electron chi connectivity index (χ1n) is 2.43. The van der Waals surface area contributed by atoms with Crippen molar-refractivity contribution in [2.45, 2.75) is 0 Å². The predicted octanol–water partition coefficient (Wildman–Crippen LogP) is 1.51. The summed E-state index contributed by atoms with van der Waals surface area (Å²) < 4.78 is 0. The zero-order valence-corrected chi connectivity index (χ0v) is 5.70. The molecule has 0 fully saturated rings. The Morgan fingerprint density at radius 2 is 2.50 bits per heavy atom. The third-order valence-electron chi connectivity index (χ3n) is 0.621. The van der Waals surface area contributed by atoms with Crippen LogP contribution >= 0.6 is 11.6 Å². The molecule has 8 heavy (non-hydrogen) atoms. The lowest BCUT2D eigenvalue weighted by atomic mass is 10.5. The van der Waals surface area contributed by atoms with Gasteiger partial charge in [0.1, 0.15) is 0 Å². The lowest BCUT2D eigenvalue weighted by molar-refractivity contribution is 0.919. The Morgan fingerprint density at radius 1 is 1.88 bits per heavy atom. The minimum Gasteiger partial charge on any atom is -0.316 e. The van der Waals surface area contributed by atoms with Gasteiger partial charge in [0.2, 0.25) is 0 Å². The number of hydrogen-bond acceptors (Lipinski definition) is 1. The SMILES string of the molecule is C=C(Cl)/C=C\CNC. The van der Waals surface area contributed by atoms with Crippen LogP contribution in [-0.4, -0.2) is 13.6 Å². The largest absolute Gasteiger partial charge is 0.316 e. The van der Waals surface area contributed by atoms with E-state index in [1.165, 1.54) is 0 Å². The maximum atomic E-state index is 5.40. The Kier molecular flexibility index (Phi) is 4.71. The van der Waals surface area contributed by atoms with Gasteiger partial charge in [0.05, 0.1) is 0 Å². The first-order valence-corrected chi connectivity index (χ1v) is 2.80. The highest BCUT2D eigenvalue weighted by molar-refractivity contribution is 6.30. The maximum absolute atomic E-state index is 5.40. The van der Waals surface area contributed by atoms with E-state index in [4.69, 9.17) is 11.6 Å². The fourth-order valence-electron chi connectivity index (χ4n) is 0.305. The van der Waals surface area contributed by atoms with Crippen LogP contribution in [-0.2, 0) is 0 Å². The average Bonchev–Trinajstić information content (AvgIpc) is 1.66. The quantitative estimate of drug-likeness (QED) is 0.573. The van der Waals surface area contributed by atoms with Gasteiger partial charge in [-0.2, -0.15) is 0 Å². The van der Waals surface area contributed by atoms with Crippen LogP contribution in [0.4, 0.5) is 0 Å². The Bertz CT molecular complexity index is 96.7. The maximum Gasteiger partial charge on any atom is 0.0331 e. The van der Waals surface area contributed by atoms with Crippen molar-refractivity contribution in [2.75, 3.05) is 13.6 Å². The molecule has 0 aromatic carbocycles. The number of halogens is 1. The highest BCUT2D eigenvalue weighted by Crippen LogP contribution is 1.95. The number of rotatable bonds is 3. The molecular weight excluding hydrogens is 122 g/mol. The molecule has 0 bridgehead atoms. The monoisotopic (exact) mass is 131 g/mol. The summed E-state index contributed by atoms with van der Waals surface area (Å²) in [4.78, 5) is 0. The van der Waals surface area contributed by atoms with Gasteiger partial charge in [-0.3, -0.25) is 0 Å². The van der Waals surface area contributed by atoms with E-state index >= 15 is 0 Å². The molecular formula is C6H10ClN. The third kappa shape index (κ3) is 5.73. The van der Waals surface area contributed by atoms with Crippen molar-refractivity contribution in [2.24, 2.45) is 0 Å². The fourth-order valence-corrected chi connectivity index (χ4v) is 0.394. The average molecular weight is 132 g/mol. The molecule has 0 rings (SSSR count). The van der Waals surface area contributed by atoms with Crippen molar-refractivity contribution in [3.05, 3.63) is 23.8 Å². The summed E-state index contributed by atoms with van der Waals surface area (Å²) in [7, 11) is 1.88. The summed E-state index contributed by atoms with van der Waals surface area (Å²) in [5.74, 6) is 0. The lowest BCUT2D eigenvalue weighted by Gasteiger charge is -1.85. The Labute approximate surface area is 55.0 Å². The normalized spacial score (nSPS) is 10.2. The van der Waals surface area contributed by atoms with E-state index in [2.05, 4.69) is 11.9 Å². The van der Waals surface area contributed by atoms with Gasteiger partial charge < -0.3 is 5.32 Å². The van der Waals surface area contributed by atoms with E-state index in [9.17, 15) is 0 Å². The molecule has 0 unspecified atom stereocenters. The second-order valence-corrected chi connectivity index (χ2v) is 1.89. The number of allylic oxidation sites excluding steroid dienone is 2. The summed E-state index contributed by atoms with van der Waals surface area (Å²) in [6, 6.07) is 0. The first-order chi connectivity index (χ1) is 3.77. The van der Waals surface area contributed by atoms with Gasteiger partial charge in [0, 0.05) is 11.6 Å². The Hall–Kier alpha value is -0.270. The standard InChI is InChI=1S/C6H10ClN/c1-6(7)4-3-5-8-2/h3-4,8H,1,5H2,2H3/b4-3-. The van der Waals surface area contributed by atoms with Crippen LogP contribution in [0.25, 0.3) is 0 Å². The molecule has 2 heteroatoms. The van der Waals surface area contributed by atoms with Crippen molar-refractivity contribution in [1.29, 1.82) is 0 Å². The summed E-state index contributed by atoms with van der Waals surface area (Å²) >= 11 is 5.40. The molecule has 0 heterocycles. The molecule has 0 spiro atoms. The van der Waals surface area contributed by atoms with Crippen molar-refractivity contribution in [3.63, 3.8) is 0 Å². The number of hydrogen-bond donors (Lipinski definition) is 1. The Morgan fingerprint density at radius 3 is 2.88 bits per heavy atom. The van der Waals surface area contributed by atoms with Gasteiger partial charge in [0.25, 0.3) is 0 Å². The fraction of sp³-hybridized carbons (Fsp3) is 0.333. The molecule has 1 N–H and O–H groups in total. The van der Waals surface area contributed by atoms with Gasteiger partial charge in [-0.1, -0.05) is 24.3 Å². The smallest absolute Gasteiger partial charge is 0.0331 e. The van der Waals surface area contributed by atoms with Crippen LogP contribution in [0.2, 0.25) is 0 Å². The summed E-state index contributed by atoms with van der Waals surface area (Å²) in [5, 5.41) is 3.51. The van der Waals surface area contributed by atoms with Gasteiger partial charge in [-0.25, -0.2) is 0 Å². The molecule has 1 nitrogen and oxygen atoms in total. The van der Waals surface area contributed by atoms with E-state index in [1.807, 2.05) is 13.1 Å². The third-order valence-corrected chi connectivity index (χ3v) is 0.747. The molecule has 0 aliphatic rings. The summed E-state index contributed by atoms with van der Waals surface area (Å²) in [6.07, 6.45) is 3.67. The van der Waals surface area contributed by atoms with Crippen molar-refractivity contribution >= 4 is 11.6 Å². The van der Waals surface area contributed by atoms with Crippen LogP contribution in [0.5, 0.6) is 0 Å². The molecule has 0 aliphatic heterocycles. The molecule has 0 amide bonds. The highest BCUT2D eigenvalue weighted by atomic mass is 35.5. The van der Waals surface area contributed by atoms with Gasteiger partial charge >= 0.3 is 0 Å². The summed E-state index contributed by atoms with van der Waals surface area (Å²) in [6.45, 7) is 4.32. The molecule has 0 radical (unpaired) electrons. The van der Waals surface area contributed by atoms with E-state index in [0.717, 1.165) is 6.54 Å². The molecule has 0 aliphatic carbocycles. The van der Waals surface area contributed by atoms with Gasteiger partial charge in [-0.15, -0.1) is 0 Å². The number of nitrogens with one attached hydrogen (secondary N) is 1. The molecule has 0 atom stereocenters. The van der Waals surface area contributed by atoms with Crippen LogP contribution in [0.15, 0.2) is 23.8 Å². The second kappa shape index (κ2) is 4.88. The zero-order chi connectivity index (χ0) is 6.41. The van der Waals surface area contributed by atoms with Crippen LogP contribution in [0.3, 0.4) is 0 Å². The molecule has 0 aromatic heterocycles. The van der Waals surface area contributed by atoms with Gasteiger partial charge in [-0.05, 0) is 13.1 Å².